The summed E-state index contributed by atoms with van der Waals surface area (Å²) in [5.41, 5.74) is 0.964. The van der Waals surface area contributed by atoms with E-state index in [1.54, 1.807) is 6.92 Å². The van der Waals surface area contributed by atoms with Crippen molar-refractivity contribution in [1.29, 1.82) is 0 Å². The van der Waals surface area contributed by atoms with E-state index in [-0.39, 0.29) is 18.0 Å². The fourth-order valence-electron chi connectivity index (χ4n) is 2.33. The van der Waals surface area contributed by atoms with Crippen LogP contribution in [0.5, 0.6) is 0 Å². The maximum atomic E-state index is 12.1. The predicted molar refractivity (Wildman–Crippen MR) is 78.8 cm³/mol. The number of nitrogens with one attached hydrogen (secondary N) is 2. The number of anilines is 2. The van der Waals surface area contributed by atoms with Gasteiger partial charge in [-0.25, -0.2) is 4.68 Å². The van der Waals surface area contributed by atoms with Gasteiger partial charge in [0.05, 0.1) is 11.3 Å². The number of aryl methyl sites for hydroxylation is 1. The lowest BCUT2D eigenvalue weighted by Gasteiger charge is -2.11. The minimum Gasteiger partial charge on any atom is -0.326 e. The quantitative estimate of drug-likeness (QED) is 0.639. The van der Waals surface area contributed by atoms with Crippen LogP contribution in [0.2, 0.25) is 0 Å². The molecular formula is C13H12N6O4. The molecule has 0 bridgehead atoms. The molecule has 1 aliphatic heterocycles. The van der Waals surface area contributed by atoms with Gasteiger partial charge in [-0.15, -0.1) is 0 Å². The van der Waals surface area contributed by atoms with Crippen LogP contribution in [0.1, 0.15) is 18.0 Å². The summed E-state index contributed by atoms with van der Waals surface area (Å²) in [7, 11) is 0. The maximum Gasteiger partial charge on any atom is 0.269 e. The predicted octanol–water partition coefficient (Wildman–Crippen LogP) is 1.02. The van der Waals surface area contributed by atoms with E-state index in [2.05, 4.69) is 20.7 Å². The van der Waals surface area contributed by atoms with Crippen LogP contribution in [0, 0.1) is 17.0 Å². The van der Waals surface area contributed by atoms with Gasteiger partial charge in [-0.2, -0.15) is 10.1 Å². The number of benzene rings is 1. The molecule has 1 unspecified atom stereocenters. The van der Waals surface area contributed by atoms with Crippen molar-refractivity contribution >= 4 is 29.1 Å². The first-order valence-electron chi connectivity index (χ1n) is 6.71. The Morgan fingerprint density at radius 2 is 2.30 bits per heavy atom. The van der Waals surface area contributed by atoms with Crippen LogP contribution in [0.25, 0.3) is 0 Å². The second-order valence-corrected chi connectivity index (χ2v) is 5.04. The fourth-order valence-corrected chi connectivity index (χ4v) is 2.33. The molecule has 1 atom stereocenters. The van der Waals surface area contributed by atoms with Crippen molar-refractivity contribution in [3.63, 3.8) is 0 Å². The van der Waals surface area contributed by atoms with E-state index in [4.69, 9.17) is 0 Å². The number of carbonyl (C=O) groups is 2. The molecule has 0 saturated heterocycles. The highest BCUT2D eigenvalue weighted by Crippen LogP contribution is 2.25. The standard InChI is InChI=1S/C13H12N6O4/c1-7-4-8(19(22)23)2-3-9(7)16-11(20)5-10-12(21)17-13-14-6-15-18(10)13/h2-4,6,10H,5H2,1H3,(H,16,20)(H,14,15,17,21). The number of nitrogens with zero attached hydrogens (tertiary/aromatic N) is 4. The van der Waals surface area contributed by atoms with Gasteiger partial charge in [0, 0.05) is 17.8 Å². The van der Waals surface area contributed by atoms with Gasteiger partial charge < -0.3 is 5.32 Å². The van der Waals surface area contributed by atoms with Crippen molar-refractivity contribution in [1.82, 2.24) is 14.8 Å². The topological polar surface area (TPSA) is 132 Å². The van der Waals surface area contributed by atoms with Crippen LogP contribution in [0.3, 0.4) is 0 Å². The molecule has 1 aromatic carbocycles. The molecule has 2 aromatic rings. The van der Waals surface area contributed by atoms with E-state index < -0.39 is 16.9 Å². The third kappa shape index (κ3) is 2.73. The smallest absolute Gasteiger partial charge is 0.269 e. The lowest BCUT2D eigenvalue weighted by molar-refractivity contribution is -0.384. The number of rotatable bonds is 4. The van der Waals surface area contributed by atoms with Gasteiger partial charge in [-0.3, -0.25) is 25.0 Å². The summed E-state index contributed by atoms with van der Waals surface area (Å²) in [4.78, 5) is 38.0. The first-order chi connectivity index (χ1) is 11.0. The van der Waals surface area contributed by atoms with Gasteiger partial charge in [0.1, 0.15) is 12.4 Å². The molecule has 0 fully saturated rings. The Bertz CT molecular complexity index is 815. The minimum atomic E-state index is -0.758. The van der Waals surface area contributed by atoms with E-state index in [1.807, 2.05) is 0 Å². The molecule has 2 amide bonds. The fraction of sp³-hybridized carbons (Fsp3) is 0.231. The van der Waals surface area contributed by atoms with E-state index in [0.29, 0.717) is 17.2 Å². The Hall–Kier alpha value is -3.30. The molecule has 10 nitrogen and oxygen atoms in total. The Labute approximate surface area is 129 Å². The van der Waals surface area contributed by atoms with Crippen molar-refractivity contribution in [2.75, 3.05) is 10.6 Å². The summed E-state index contributed by atoms with van der Waals surface area (Å²) in [6.07, 6.45) is 1.18. The average Bonchev–Trinajstić information content (AvgIpc) is 3.04. The Morgan fingerprint density at radius 3 is 3.00 bits per heavy atom. The van der Waals surface area contributed by atoms with Crippen molar-refractivity contribution in [3.8, 4) is 0 Å². The van der Waals surface area contributed by atoms with Crippen molar-refractivity contribution in [2.24, 2.45) is 0 Å². The van der Waals surface area contributed by atoms with Crippen LogP contribution in [-0.2, 0) is 9.59 Å². The lowest BCUT2D eigenvalue weighted by atomic mass is 10.1. The van der Waals surface area contributed by atoms with E-state index in [9.17, 15) is 19.7 Å². The SMILES string of the molecule is Cc1cc([N+](=O)[O-])ccc1NC(=O)CC1C(=O)Nc2ncnn21. The second kappa shape index (κ2) is 5.48. The zero-order valence-electron chi connectivity index (χ0n) is 12.0. The number of nitro groups is 1. The van der Waals surface area contributed by atoms with Gasteiger partial charge in [0.2, 0.25) is 11.9 Å². The number of amides is 2. The molecule has 2 N–H and O–H groups in total. The van der Waals surface area contributed by atoms with Crippen LogP contribution >= 0.6 is 0 Å². The molecule has 0 spiro atoms. The minimum absolute atomic E-state index is 0.0528. The highest BCUT2D eigenvalue weighted by Gasteiger charge is 2.33. The number of nitro benzene ring substituents is 1. The van der Waals surface area contributed by atoms with Gasteiger partial charge in [-0.05, 0) is 18.6 Å². The summed E-state index contributed by atoms with van der Waals surface area (Å²) in [6, 6.07) is 3.38. The summed E-state index contributed by atoms with van der Waals surface area (Å²) in [5.74, 6) is -0.444. The maximum absolute atomic E-state index is 12.1. The zero-order chi connectivity index (χ0) is 16.6. The highest BCUT2D eigenvalue weighted by atomic mass is 16.6. The molecular weight excluding hydrogens is 304 g/mol. The van der Waals surface area contributed by atoms with E-state index in [0.717, 1.165) is 0 Å². The van der Waals surface area contributed by atoms with Gasteiger partial charge in [-0.1, -0.05) is 0 Å². The third-order valence-electron chi connectivity index (χ3n) is 3.48. The lowest BCUT2D eigenvalue weighted by Crippen LogP contribution is -2.23. The molecule has 0 radical (unpaired) electrons. The van der Waals surface area contributed by atoms with Crippen molar-refractivity contribution in [2.45, 2.75) is 19.4 Å². The number of hydrogen-bond donors (Lipinski definition) is 2. The van der Waals surface area contributed by atoms with Crippen molar-refractivity contribution in [3.05, 3.63) is 40.2 Å². The molecule has 10 heteroatoms. The summed E-state index contributed by atoms with van der Waals surface area (Å²) in [6.45, 7) is 1.65. The van der Waals surface area contributed by atoms with Crippen molar-refractivity contribution < 1.29 is 14.5 Å². The number of hydrogen-bond acceptors (Lipinski definition) is 6. The van der Waals surface area contributed by atoms with Crippen LogP contribution in [-0.4, -0.2) is 31.5 Å². The van der Waals surface area contributed by atoms with Crippen LogP contribution in [0.4, 0.5) is 17.3 Å². The van der Waals surface area contributed by atoms with Gasteiger partial charge >= 0.3 is 0 Å². The van der Waals surface area contributed by atoms with E-state index in [1.165, 1.54) is 29.2 Å². The van der Waals surface area contributed by atoms with Gasteiger partial charge in [0.15, 0.2) is 0 Å². The molecule has 118 valence electrons. The monoisotopic (exact) mass is 316 g/mol. The third-order valence-corrected chi connectivity index (χ3v) is 3.48. The number of aromatic nitrogens is 3. The molecule has 1 aliphatic rings. The van der Waals surface area contributed by atoms with Crippen LogP contribution < -0.4 is 10.6 Å². The molecule has 2 heterocycles. The average molecular weight is 316 g/mol. The largest absolute Gasteiger partial charge is 0.326 e. The van der Waals surface area contributed by atoms with Gasteiger partial charge in [0.25, 0.3) is 11.6 Å². The highest BCUT2D eigenvalue weighted by molar-refractivity contribution is 6.01. The number of non-ortho nitro benzene ring substituents is 1. The second-order valence-electron chi connectivity index (χ2n) is 5.04. The first-order valence-corrected chi connectivity index (χ1v) is 6.71. The molecule has 3 rings (SSSR count). The molecule has 1 aromatic heterocycles. The summed E-state index contributed by atoms with van der Waals surface area (Å²) >= 11 is 0. The number of fused-ring (bicyclic) bond motifs is 1. The normalized spacial score (nSPS) is 15.9. The Kier molecular flexibility index (Phi) is 3.48. The summed E-state index contributed by atoms with van der Waals surface area (Å²) < 4.78 is 1.35. The Morgan fingerprint density at radius 1 is 1.52 bits per heavy atom. The molecule has 0 saturated carbocycles. The molecule has 0 aliphatic carbocycles. The first kappa shape index (κ1) is 14.6. The van der Waals surface area contributed by atoms with E-state index >= 15 is 0 Å². The van der Waals surface area contributed by atoms with Crippen LogP contribution in [0.15, 0.2) is 24.5 Å². The number of carbonyl (C=O) groups excluding carboxylic acids is 2. The molecule has 23 heavy (non-hydrogen) atoms. The Balaban J connectivity index is 1.71. The summed E-state index contributed by atoms with van der Waals surface area (Å²) in [5, 5.41) is 19.8. The zero-order valence-corrected chi connectivity index (χ0v) is 12.0.